The topological polar surface area (TPSA) is 78.0 Å². The van der Waals surface area contributed by atoms with Gasteiger partial charge in [-0.05, 0) is 38.3 Å². The van der Waals surface area contributed by atoms with Gasteiger partial charge in [-0.25, -0.2) is 0 Å². The Hall–Kier alpha value is -2.44. The van der Waals surface area contributed by atoms with Crippen LogP contribution in [-0.2, 0) is 13.0 Å². The van der Waals surface area contributed by atoms with Crippen LogP contribution in [0.3, 0.4) is 0 Å². The molecule has 2 aliphatic rings. The first-order valence-electron chi connectivity index (χ1n) is 8.13. The number of H-pyrrole nitrogens is 1. The van der Waals surface area contributed by atoms with Gasteiger partial charge >= 0.3 is 0 Å². The molecule has 2 aliphatic heterocycles. The number of hydrogen-bond donors (Lipinski definition) is 1. The third-order valence-corrected chi connectivity index (χ3v) is 4.64. The van der Waals surface area contributed by atoms with Gasteiger partial charge in [0, 0.05) is 25.2 Å². The van der Waals surface area contributed by atoms with Crippen molar-refractivity contribution in [2.75, 3.05) is 24.5 Å². The summed E-state index contributed by atoms with van der Waals surface area (Å²) in [4.78, 5) is 16.7. The van der Waals surface area contributed by atoms with E-state index in [-0.39, 0.29) is 5.91 Å². The average Bonchev–Trinajstić information content (AvgIpc) is 3.24. The number of anilines is 1. The van der Waals surface area contributed by atoms with E-state index < -0.39 is 0 Å². The lowest BCUT2D eigenvalue weighted by Gasteiger charge is -2.27. The molecule has 0 saturated carbocycles. The third-order valence-electron chi connectivity index (χ3n) is 4.64. The van der Waals surface area contributed by atoms with Crippen LogP contribution in [0.15, 0.2) is 12.1 Å². The summed E-state index contributed by atoms with van der Waals surface area (Å²) in [6.45, 7) is 5.14. The fourth-order valence-corrected chi connectivity index (χ4v) is 3.32. The van der Waals surface area contributed by atoms with E-state index in [0.29, 0.717) is 12.2 Å². The second kappa shape index (κ2) is 5.64. The van der Waals surface area contributed by atoms with Crippen molar-refractivity contribution in [2.24, 2.45) is 0 Å². The molecule has 2 aromatic rings. The van der Waals surface area contributed by atoms with Crippen molar-refractivity contribution in [3.05, 3.63) is 34.8 Å². The molecule has 1 amide bonds. The second-order valence-electron chi connectivity index (χ2n) is 6.23. The van der Waals surface area contributed by atoms with Crippen molar-refractivity contribution < 1.29 is 4.79 Å². The maximum atomic E-state index is 12.6. The first-order chi connectivity index (χ1) is 11.2. The maximum Gasteiger partial charge on any atom is 0.274 e. The highest BCUT2D eigenvalue weighted by Crippen LogP contribution is 2.25. The number of carbonyl (C=O) groups excluding carboxylic acids is 1. The van der Waals surface area contributed by atoms with Gasteiger partial charge in [0.25, 0.3) is 5.91 Å². The summed E-state index contributed by atoms with van der Waals surface area (Å²) < 4.78 is 0. The molecule has 0 radical (unpaired) electrons. The summed E-state index contributed by atoms with van der Waals surface area (Å²) >= 11 is 0. The summed E-state index contributed by atoms with van der Waals surface area (Å²) in [5, 5.41) is 15.7. The van der Waals surface area contributed by atoms with Crippen LogP contribution in [0.2, 0.25) is 0 Å². The van der Waals surface area contributed by atoms with Gasteiger partial charge in [-0.15, -0.1) is 5.10 Å². The van der Waals surface area contributed by atoms with E-state index in [1.165, 1.54) is 0 Å². The number of nitrogens with one attached hydrogen (secondary N) is 1. The summed E-state index contributed by atoms with van der Waals surface area (Å²) in [5.74, 6) is 0.937. The molecule has 7 nitrogen and oxygen atoms in total. The molecule has 0 unspecified atom stereocenters. The molecular formula is C16H20N6O. The molecular weight excluding hydrogens is 292 g/mol. The zero-order valence-corrected chi connectivity index (χ0v) is 13.2. The number of carbonyl (C=O) groups is 1. The standard InChI is InChI=1S/C16H20N6O/c1-11-4-5-14(19-17-11)22-9-6-12-13(10-22)18-20-15(12)16(23)21-7-2-3-8-21/h4-5H,2-3,6-10H2,1H3,(H,18,20). The zero-order valence-electron chi connectivity index (χ0n) is 13.2. The molecule has 120 valence electrons. The van der Waals surface area contributed by atoms with Crippen molar-refractivity contribution in [3.8, 4) is 0 Å². The Morgan fingerprint density at radius 2 is 2.00 bits per heavy atom. The third kappa shape index (κ3) is 2.56. The Balaban J connectivity index is 1.55. The van der Waals surface area contributed by atoms with Crippen molar-refractivity contribution in [2.45, 2.75) is 32.7 Å². The molecule has 2 aromatic heterocycles. The highest BCUT2D eigenvalue weighted by molar-refractivity contribution is 5.94. The molecule has 0 aliphatic carbocycles. The van der Waals surface area contributed by atoms with Crippen molar-refractivity contribution in [3.63, 3.8) is 0 Å². The number of fused-ring (bicyclic) bond motifs is 1. The van der Waals surface area contributed by atoms with Crippen LogP contribution in [-0.4, -0.2) is 50.8 Å². The van der Waals surface area contributed by atoms with Gasteiger partial charge in [-0.1, -0.05) is 0 Å². The van der Waals surface area contributed by atoms with Gasteiger partial charge in [-0.3, -0.25) is 9.89 Å². The van der Waals surface area contributed by atoms with E-state index in [1.807, 2.05) is 24.0 Å². The number of likely N-dealkylation sites (tertiary alicyclic amines) is 1. The summed E-state index contributed by atoms with van der Waals surface area (Å²) in [5.41, 5.74) is 3.60. The molecule has 1 fully saturated rings. The normalized spacial score (nSPS) is 17.4. The molecule has 4 heterocycles. The number of aryl methyl sites for hydroxylation is 1. The molecule has 1 saturated heterocycles. The Labute approximate surface area is 134 Å². The lowest BCUT2D eigenvalue weighted by Crippen LogP contribution is -2.33. The predicted molar refractivity (Wildman–Crippen MR) is 85.2 cm³/mol. The number of rotatable bonds is 2. The van der Waals surface area contributed by atoms with Gasteiger partial charge in [0.2, 0.25) is 0 Å². The Kier molecular flexibility index (Phi) is 3.48. The van der Waals surface area contributed by atoms with Gasteiger partial charge in [0.15, 0.2) is 11.5 Å². The fraction of sp³-hybridized carbons (Fsp3) is 0.500. The molecule has 4 rings (SSSR count). The van der Waals surface area contributed by atoms with Gasteiger partial charge < -0.3 is 9.80 Å². The molecule has 0 spiro atoms. The van der Waals surface area contributed by atoms with Crippen molar-refractivity contribution >= 4 is 11.7 Å². The van der Waals surface area contributed by atoms with Crippen LogP contribution >= 0.6 is 0 Å². The SMILES string of the molecule is Cc1ccc(N2CCc3c(C(=O)N4CCCC4)n[nH]c3C2)nn1. The van der Waals surface area contributed by atoms with E-state index in [2.05, 4.69) is 25.3 Å². The lowest BCUT2D eigenvalue weighted by molar-refractivity contribution is 0.0786. The minimum Gasteiger partial charge on any atom is -0.349 e. The number of hydrogen-bond acceptors (Lipinski definition) is 5. The van der Waals surface area contributed by atoms with Crippen LogP contribution in [0.4, 0.5) is 5.82 Å². The molecule has 0 bridgehead atoms. The minimum atomic E-state index is 0.0728. The Morgan fingerprint density at radius 3 is 2.74 bits per heavy atom. The van der Waals surface area contributed by atoms with E-state index in [1.54, 1.807) is 0 Å². The van der Waals surface area contributed by atoms with Crippen molar-refractivity contribution in [1.29, 1.82) is 0 Å². The first kappa shape index (κ1) is 14.2. The first-order valence-corrected chi connectivity index (χ1v) is 8.13. The van der Waals surface area contributed by atoms with Gasteiger partial charge in [-0.2, -0.15) is 10.2 Å². The van der Waals surface area contributed by atoms with Gasteiger partial charge in [0.1, 0.15) is 0 Å². The molecule has 7 heteroatoms. The van der Waals surface area contributed by atoms with Crippen LogP contribution in [0.25, 0.3) is 0 Å². The number of aromatic nitrogens is 4. The molecule has 0 atom stereocenters. The fourth-order valence-electron chi connectivity index (χ4n) is 3.32. The summed E-state index contributed by atoms with van der Waals surface area (Å²) in [6.07, 6.45) is 2.99. The quantitative estimate of drug-likeness (QED) is 0.904. The monoisotopic (exact) mass is 312 g/mol. The van der Waals surface area contributed by atoms with Gasteiger partial charge in [0.05, 0.1) is 17.9 Å². The number of amides is 1. The summed E-state index contributed by atoms with van der Waals surface area (Å²) in [7, 11) is 0. The van der Waals surface area contributed by atoms with Crippen LogP contribution in [0.1, 0.15) is 40.3 Å². The Morgan fingerprint density at radius 1 is 1.17 bits per heavy atom. The Bertz CT molecular complexity index is 717. The minimum absolute atomic E-state index is 0.0728. The van der Waals surface area contributed by atoms with Crippen LogP contribution in [0.5, 0.6) is 0 Å². The summed E-state index contributed by atoms with van der Waals surface area (Å²) in [6, 6.07) is 3.95. The largest absolute Gasteiger partial charge is 0.349 e. The predicted octanol–water partition coefficient (Wildman–Crippen LogP) is 1.31. The highest BCUT2D eigenvalue weighted by Gasteiger charge is 2.29. The molecule has 23 heavy (non-hydrogen) atoms. The van der Waals surface area contributed by atoms with Crippen LogP contribution < -0.4 is 4.90 Å². The second-order valence-corrected chi connectivity index (χ2v) is 6.23. The smallest absolute Gasteiger partial charge is 0.274 e. The number of nitrogens with zero attached hydrogens (tertiary/aromatic N) is 5. The highest BCUT2D eigenvalue weighted by atomic mass is 16.2. The van der Waals surface area contributed by atoms with E-state index >= 15 is 0 Å². The maximum absolute atomic E-state index is 12.6. The van der Waals surface area contributed by atoms with Crippen LogP contribution in [0, 0.1) is 6.92 Å². The van der Waals surface area contributed by atoms with Crippen molar-refractivity contribution in [1.82, 2.24) is 25.3 Å². The zero-order chi connectivity index (χ0) is 15.8. The average molecular weight is 312 g/mol. The molecule has 0 aromatic carbocycles. The molecule has 1 N–H and O–H groups in total. The van der Waals surface area contributed by atoms with E-state index in [4.69, 9.17) is 0 Å². The lowest BCUT2D eigenvalue weighted by atomic mass is 10.0. The van der Waals surface area contributed by atoms with E-state index in [0.717, 1.165) is 61.7 Å². The van der Waals surface area contributed by atoms with E-state index in [9.17, 15) is 4.79 Å². The number of aromatic amines is 1.